The van der Waals surface area contributed by atoms with Crippen LogP contribution in [-0.4, -0.2) is 37.2 Å². The maximum Gasteiger partial charge on any atom is 0.393 e. The first-order chi connectivity index (χ1) is 6.85. The van der Waals surface area contributed by atoms with Crippen LogP contribution in [0.15, 0.2) is 0 Å². The van der Waals surface area contributed by atoms with E-state index < -0.39 is 38.6 Å². The van der Waals surface area contributed by atoms with Crippen LogP contribution in [0.3, 0.4) is 0 Å². The van der Waals surface area contributed by atoms with Gasteiger partial charge >= 0.3 is 16.8 Å². The summed E-state index contributed by atoms with van der Waals surface area (Å²) >= 11 is 0. The molecule has 0 N–H and O–H groups in total. The second-order valence-electron chi connectivity index (χ2n) is 3.01. The Morgan fingerprint density at radius 2 is 1.38 bits per heavy atom. The molecule has 11 heteroatoms. The molecule has 1 heterocycles. The maximum absolute atomic E-state index is 12.9. The SMILES string of the molecule is O=S1(=O)C(F)C(F)(F)C(F)(C(F)F)C1(F)F. The molecule has 0 aliphatic carbocycles. The van der Waals surface area contributed by atoms with E-state index in [9.17, 15) is 43.5 Å². The Morgan fingerprint density at radius 1 is 1.00 bits per heavy atom. The van der Waals surface area contributed by atoms with Crippen molar-refractivity contribution in [2.45, 2.75) is 28.8 Å². The monoisotopic (exact) mass is 278 g/mol. The minimum Gasteiger partial charge on any atom is -0.223 e. The Labute approximate surface area is 83.1 Å². The molecule has 0 aromatic rings. The molecule has 16 heavy (non-hydrogen) atoms. The molecule has 1 aliphatic heterocycles. The fourth-order valence-corrected chi connectivity index (χ4v) is 2.62. The van der Waals surface area contributed by atoms with Crippen LogP contribution in [0.4, 0.5) is 35.1 Å². The van der Waals surface area contributed by atoms with Crippen molar-refractivity contribution in [3.8, 4) is 0 Å². The van der Waals surface area contributed by atoms with Crippen LogP contribution in [0.25, 0.3) is 0 Å². The summed E-state index contributed by atoms with van der Waals surface area (Å²) in [5, 5.41) is -6.20. The van der Waals surface area contributed by atoms with Crippen molar-refractivity contribution in [1.82, 2.24) is 0 Å². The fourth-order valence-electron chi connectivity index (χ4n) is 1.16. The van der Waals surface area contributed by atoms with Crippen molar-refractivity contribution in [2.24, 2.45) is 0 Å². The van der Waals surface area contributed by atoms with Gasteiger partial charge in [-0.25, -0.2) is 26.0 Å². The molecule has 1 aliphatic rings. The predicted molar refractivity (Wildman–Crippen MR) is 33.6 cm³/mol. The highest BCUT2D eigenvalue weighted by molar-refractivity contribution is 7.93. The minimum atomic E-state index is -6.67. The molecule has 2 atom stereocenters. The van der Waals surface area contributed by atoms with Crippen LogP contribution in [0.1, 0.15) is 0 Å². The Bertz CT molecular complexity index is 403. The zero-order valence-electron chi connectivity index (χ0n) is 6.90. The summed E-state index contributed by atoms with van der Waals surface area (Å²) in [6.45, 7) is 0. The zero-order chi connectivity index (χ0) is 13.2. The Hall–Kier alpha value is -0.610. The van der Waals surface area contributed by atoms with Gasteiger partial charge in [0.1, 0.15) is 0 Å². The van der Waals surface area contributed by atoms with Gasteiger partial charge in [-0.3, -0.25) is 0 Å². The normalized spacial score (nSPS) is 40.2. The summed E-state index contributed by atoms with van der Waals surface area (Å²) in [7, 11) is -6.67. The van der Waals surface area contributed by atoms with Gasteiger partial charge in [0.25, 0.3) is 21.8 Å². The zero-order valence-corrected chi connectivity index (χ0v) is 7.72. The van der Waals surface area contributed by atoms with E-state index in [0.717, 1.165) is 0 Å². The number of alkyl halides is 8. The minimum absolute atomic E-state index is 4.71. The summed E-state index contributed by atoms with van der Waals surface area (Å²) in [5.74, 6) is -6.02. The van der Waals surface area contributed by atoms with Gasteiger partial charge in [0.2, 0.25) is 0 Å². The first-order valence-corrected chi connectivity index (χ1v) is 5.00. The highest BCUT2D eigenvalue weighted by atomic mass is 32.2. The molecule has 0 bridgehead atoms. The van der Waals surface area contributed by atoms with Crippen LogP contribution >= 0.6 is 0 Å². The molecule has 0 radical (unpaired) electrons. The molecule has 0 amide bonds. The highest BCUT2D eigenvalue weighted by Gasteiger charge is 2.91. The molecule has 0 aromatic heterocycles. The standard InChI is InChI=1S/C5H2F8O2S/c6-1(7)3(9)4(10,11)2(8)16(14,15)5(3,12)13/h1-2H. The lowest BCUT2D eigenvalue weighted by atomic mass is 10.00. The van der Waals surface area contributed by atoms with E-state index in [1.165, 1.54) is 0 Å². The molecule has 0 aromatic carbocycles. The van der Waals surface area contributed by atoms with E-state index in [1.807, 2.05) is 0 Å². The molecule has 1 saturated heterocycles. The van der Waals surface area contributed by atoms with E-state index in [1.54, 1.807) is 0 Å². The van der Waals surface area contributed by atoms with Crippen molar-refractivity contribution < 1.29 is 43.5 Å². The summed E-state index contributed by atoms with van der Waals surface area (Å²) in [6.07, 6.45) is -5.06. The van der Waals surface area contributed by atoms with Gasteiger partial charge < -0.3 is 0 Å². The fraction of sp³-hybridized carbons (Fsp3) is 1.00. The molecule has 1 fully saturated rings. The molecule has 1 rings (SSSR count). The van der Waals surface area contributed by atoms with Gasteiger partial charge in [-0.2, -0.15) is 17.6 Å². The molecular formula is C5H2F8O2S. The lowest BCUT2D eigenvalue weighted by Crippen LogP contribution is -2.57. The largest absolute Gasteiger partial charge is 0.393 e. The molecular weight excluding hydrogens is 276 g/mol. The Balaban J connectivity index is 3.63. The van der Waals surface area contributed by atoms with E-state index in [-0.39, 0.29) is 0 Å². The van der Waals surface area contributed by atoms with E-state index in [2.05, 4.69) is 0 Å². The lowest BCUT2D eigenvalue weighted by molar-refractivity contribution is -0.255. The molecule has 2 unspecified atom stereocenters. The van der Waals surface area contributed by atoms with E-state index in [4.69, 9.17) is 0 Å². The quantitative estimate of drug-likeness (QED) is 0.687. The third kappa shape index (κ3) is 1.04. The Kier molecular flexibility index (Phi) is 2.51. The average Bonchev–Trinajstić information content (AvgIpc) is 2.18. The van der Waals surface area contributed by atoms with Gasteiger partial charge in [0.05, 0.1) is 0 Å². The van der Waals surface area contributed by atoms with Crippen LogP contribution in [0.5, 0.6) is 0 Å². The first kappa shape index (κ1) is 13.5. The molecule has 0 saturated carbocycles. The number of hydrogen-bond donors (Lipinski definition) is 0. The van der Waals surface area contributed by atoms with E-state index in [0.29, 0.717) is 0 Å². The van der Waals surface area contributed by atoms with E-state index >= 15 is 0 Å². The number of hydrogen-bond acceptors (Lipinski definition) is 2. The first-order valence-electron chi connectivity index (χ1n) is 3.45. The van der Waals surface area contributed by atoms with Gasteiger partial charge in [0, 0.05) is 0 Å². The van der Waals surface area contributed by atoms with Gasteiger partial charge in [-0.05, 0) is 0 Å². The molecule has 0 spiro atoms. The van der Waals surface area contributed by atoms with Crippen LogP contribution in [-0.2, 0) is 9.84 Å². The highest BCUT2D eigenvalue weighted by Crippen LogP contribution is 2.60. The van der Waals surface area contributed by atoms with Crippen LogP contribution in [0, 0.1) is 0 Å². The van der Waals surface area contributed by atoms with Crippen molar-refractivity contribution in [1.29, 1.82) is 0 Å². The lowest BCUT2D eigenvalue weighted by Gasteiger charge is -2.27. The molecule has 96 valence electrons. The number of sulfone groups is 1. The number of halogens is 8. The summed E-state index contributed by atoms with van der Waals surface area (Å²) < 4.78 is 120. The number of rotatable bonds is 1. The summed E-state index contributed by atoms with van der Waals surface area (Å²) in [4.78, 5) is 0. The van der Waals surface area contributed by atoms with Gasteiger partial charge in [-0.1, -0.05) is 0 Å². The van der Waals surface area contributed by atoms with Gasteiger partial charge in [0.15, 0.2) is 0 Å². The van der Waals surface area contributed by atoms with Crippen molar-refractivity contribution in [2.75, 3.05) is 0 Å². The predicted octanol–water partition coefficient (Wildman–Crippen LogP) is 1.91. The summed E-state index contributed by atoms with van der Waals surface area (Å²) in [5.41, 5.74) is -10.8. The third-order valence-corrected chi connectivity index (χ3v) is 3.98. The van der Waals surface area contributed by atoms with Crippen molar-refractivity contribution in [3.63, 3.8) is 0 Å². The molecule has 2 nitrogen and oxygen atoms in total. The smallest absolute Gasteiger partial charge is 0.223 e. The second-order valence-corrected chi connectivity index (χ2v) is 5.03. The van der Waals surface area contributed by atoms with Crippen LogP contribution in [0.2, 0.25) is 0 Å². The topological polar surface area (TPSA) is 34.1 Å². The van der Waals surface area contributed by atoms with Crippen LogP contribution < -0.4 is 0 Å². The summed E-state index contributed by atoms with van der Waals surface area (Å²) in [6, 6.07) is 0. The van der Waals surface area contributed by atoms with Crippen molar-refractivity contribution >= 4 is 9.84 Å². The maximum atomic E-state index is 12.9. The Morgan fingerprint density at radius 3 is 1.50 bits per heavy atom. The third-order valence-electron chi connectivity index (χ3n) is 2.12. The van der Waals surface area contributed by atoms with Crippen molar-refractivity contribution in [3.05, 3.63) is 0 Å². The second kappa shape index (κ2) is 2.99. The van der Waals surface area contributed by atoms with Gasteiger partial charge in [-0.15, -0.1) is 0 Å². The average molecular weight is 278 g/mol.